The summed E-state index contributed by atoms with van der Waals surface area (Å²) in [5.41, 5.74) is 0.759. The molecule has 1 saturated heterocycles. The van der Waals surface area contributed by atoms with E-state index in [0.29, 0.717) is 5.37 Å². The fourth-order valence-corrected chi connectivity index (χ4v) is 2.77. The number of rotatable bonds is 1. The second-order valence-corrected chi connectivity index (χ2v) is 4.32. The number of nitrogens with one attached hydrogen (secondary N) is 1. The maximum absolute atomic E-state index is 10.6. The fourth-order valence-electron chi connectivity index (χ4n) is 1.60. The summed E-state index contributed by atoms with van der Waals surface area (Å²) in [5.74, 6) is 3.34. The van der Waals surface area contributed by atoms with Gasteiger partial charge in [-0.15, -0.1) is 11.8 Å². The topological polar surface area (TPSA) is 29.1 Å². The number of hydrogen-bond acceptors (Lipinski definition) is 3. The highest BCUT2D eigenvalue weighted by Gasteiger charge is 2.26. The van der Waals surface area contributed by atoms with E-state index < -0.39 is 0 Å². The van der Waals surface area contributed by atoms with Crippen LogP contribution in [0, 0.1) is 5.92 Å². The van der Waals surface area contributed by atoms with Gasteiger partial charge in [-0.25, -0.2) is 4.79 Å². The van der Waals surface area contributed by atoms with Crippen molar-refractivity contribution in [2.75, 3.05) is 12.3 Å². The first-order chi connectivity index (χ1) is 6.42. The van der Waals surface area contributed by atoms with E-state index in [0.717, 1.165) is 17.9 Å². The molecule has 1 heterocycles. The van der Waals surface area contributed by atoms with Crippen LogP contribution in [-0.2, 0) is 4.79 Å². The highest BCUT2D eigenvalue weighted by molar-refractivity contribution is 8.00. The van der Waals surface area contributed by atoms with Gasteiger partial charge >= 0.3 is 0 Å². The molecule has 0 bridgehead atoms. The highest BCUT2D eigenvalue weighted by Crippen LogP contribution is 2.29. The lowest BCUT2D eigenvalue weighted by atomic mass is 9.95. The van der Waals surface area contributed by atoms with Crippen molar-refractivity contribution in [1.29, 1.82) is 0 Å². The molecule has 0 saturated carbocycles. The molecule has 0 aromatic heterocycles. The molecule has 2 rings (SSSR count). The van der Waals surface area contributed by atoms with E-state index in [4.69, 9.17) is 0 Å². The summed E-state index contributed by atoms with van der Waals surface area (Å²) in [7, 11) is 0. The molecule has 2 unspecified atom stereocenters. The molecule has 68 valence electrons. The average Bonchev–Trinajstić information content (AvgIpc) is 2.70. The van der Waals surface area contributed by atoms with Crippen LogP contribution >= 0.6 is 11.8 Å². The van der Waals surface area contributed by atoms with Gasteiger partial charge in [0.2, 0.25) is 0 Å². The number of hydrogen-bond donors (Lipinski definition) is 1. The van der Waals surface area contributed by atoms with Crippen LogP contribution in [0.3, 0.4) is 0 Å². The van der Waals surface area contributed by atoms with Gasteiger partial charge in [0.25, 0.3) is 0 Å². The molecule has 1 fully saturated rings. The summed E-state index contributed by atoms with van der Waals surface area (Å²) in [6.07, 6.45) is 7.79. The lowest BCUT2D eigenvalue weighted by Crippen LogP contribution is -2.29. The summed E-state index contributed by atoms with van der Waals surface area (Å²) >= 11 is 1.87. The third-order valence-corrected chi connectivity index (χ3v) is 3.51. The predicted octanol–water partition coefficient (Wildman–Crippen LogP) is 1.15. The van der Waals surface area contributed by atoms with Gasteiger partial charge in [0, 0.05) is 23.8 Å². The van der Waals surface area contributed by atoms with Gasteiger partial charge in [-0.3, -0.25) is 0 Å². The molecule has 13 heavy (non-hydrogen) atoms. The van der Waals surface area contributed by atoms with Crippen molar-refractivity contribution >= 4 is 17.7 Å². The molecule has 1 aliphatic carbocycles. The highest BCUT2D eigenvalue weighted by atomic mass is 32.2. The molecule has 0 spiro atoms. The Balaban J connectivity index is 2.17. The van der Waals surface area contributed by atoms with Gasteiger partial charge in [0.1, 0.15) is 5.94 Å². The van der Waals surface area contributed by atoms with Crippen molar-refractivity contribution in [3.63, 3.8) is 0 Å². The molecule has 3 heteroatoms. The Morgan fingerprint density at radius 1 is 1.54 bits per heavy atom. The van der Waals surface area contributed by atoms with Gasteiger partial charge in [-0.2, -0.15) is 0 Å². The minimum Gasteiger partial charge on any atom is -0.304 e. The normalized spacial score (nSPS) is 32.2. The molecular formula is C10H11NOS. The van der Waals surface area contributed by atoms with Gasteiger partial charge in [0.15, 0.2) is 0 Å². The Morgan fingerprint density at radius 2 is 2.46 bits per heavy atom. The van der Waals surface area contributed by atoms with Crippen molar-refractivity contribution in [2.24, 2.45) is 5.92 Å². The second kappa shape index (κ2) is 3.97. The van der Waals surface area contributed by atoms with E-state index in [1.54, 1.807) is 0 Å². The predicted molar refractivity (Wildman–Crippen MR) is 55.2 cm³/mol. The monoisotopic (exact) mass is 193 g/mol. The summed E-state index contributed by atoms with van der Waals surface area (Å²) in [6.45, 7) is 1.04. The Bertz CT molecular complexity index is 296. The van der Waals surface area contributed by atoms with E-state index in [9.17, 15) is 4.79 Å². The lowest BCUT2D eigenvalue weighted by molar-refractivity contribution is 0.559. The van der Waals surface area contributed by atoms with Crippen LogP contribution in [0.15, 0.2) is 29.9 Å². The Kier molecular flexibility index (Phi) is 2.69. The zero-order chi connectivity index (χ0) is 9.10. The summed E-state index contributed by atoms with van der Waals surface area (Å²) in [4.78, 5) is 10.6. The zero-order valence-corrected chi connectivity index (χ0v) is 8.01. The van der Waals surface area contributed by atoms with Crippen molar-refractivity contribution in [3.05, 3.63) is 29.9 Å². The molecule has 0 radical (unpaired) electrons. The van der Waals surface area contributed by atoms with Crippen LogP contribution in [0.5, 0.6) is 0 Å². The Labute approximate surface area is 81.8 Å². The van der Waals surface area contributed by atoms with E-state index in [-0.39, 0.29) is 5.92 Å². The Hall–Kier alpha value is -0.760. The molecule has 0 aromatic rings. The smallest absolute Gasteiger partial charge is 0.128 e. The van der Waals surface area contributed by atoms with Crippen molar-refractivity contribution in [3.8, 4) is 0 Å². The van der Waals surface area contributed by atoms with E-state index in [2.05, 4.69) is 11.4 Å². The first-order valence-corrected chi connectivity index (χ1v) is 5.41. The van der Waals surface area contributed by atoms with Crippen molar-refractivity contribution in [1.82, 2.24) is 5.32 Å². The molecule has 0 amide bonds. The van der Waals surface area contributed by atoms with Gasteiger partial charge in [-0.05, 0) is 6.08 Å². The van der Waals surface area contributed by atoms with Gasteiger partial charge in [0.05, 0.1) is 5.37 Å². The lowest BCUT2D eigenvalue weighted by Gasteiger charge is -2.20. The third-order valence-electron chi connectivity index (χ3n) is 2.25. The van der Waals surface area contributed by atoms with Crippen LogP contribution in [0.2, 0.25) is 0 Å². The number of allylic oxidation sites excluding steroid dienone is 3. The molecular weight excluding hydrogens is 182 g/mol. The molecule has 2 nitrogen and oxygen atoms in total. The van der Waals surface area contributed by atoms with Crippen molar-refractivity contribution < 1.29 is 4.79 Å². The first-order valence-electron chi connectivity index (χ1n) is 4.36. The average molecular weight is 193 g/mol. The molecule has 2 atom stereocenters. The maximum atomic E-state index is 10.6. The fraction of sp³-hybridized carbons (Fsp3) is 0.400. The van der Waals surface area contributed by atoms with E-state index >= 15 is 0 Å². The molecule has 1 N–H and O–H groups in total. The zero-order valence-electron chi connectivity index (χ0n) is 7.19. The summed E-state index contributed by atoms with van der Waals surface area (Å²) in [6, 6.07) is 0. The largest absolute Gasteiger partial charge is 0.304 e. The Morgan fingerprint density at radius 3 is 3.15 bits per heavy atom. The van der Waals surface area contributed by atoms with Crippen LogP contribution in [-0.4, -0.2) is 23.6 Å². The van der Waals surface area contributed by atoms with Crippen LogP contribution < -0.4 is 5.32 Å². The van der Waals surface area contributed by atoms with E-state index in [1.807, 2.05) is 35.9 Å². The van der Waals surface area contributed by atoms with Gasteiger partial charge in [-0.1, -0.05) is 18.2 Å². The standard InChI is InChI=1S/C10H11NOS/c12-7-8-3-1-2-4-9(8)10-11-5-6-13-10/h1-4,9-11H,5-6H2. The van der Waals surface area contributed by atoms with Crippen LogP contribution in [0.1, 0.15) is 0 Å². The molecule has 2 aliphatic rings. The van der Waals surface area contributed by atoms with E-state index in [1.165, 1.54) is 0 Å². The quantitative estimate of drug-likeness (QED) is 0.633. The molecule has 0 aromatic carbocycles. The minimum absolute atomic E-state index is 0.204. The minimum atomic E-state index is 0.204. The van der Waals surface area contributed by atoms with Crippen LogP contribution in [0.25, 0.3) is 0 Å². The van der Waals surface area contributed by atoms with Gasteiger partial charge < -0.3 is 5.32 Å². The SMILES string of the molecule is O=C=C1C=CC=CC1C1NCCS1. The first kappa shape index (κ1) is 8.82. The number of thioether (sulfide) groups is 1. The van der Waals surface area contributed by atoms with Crippen LogP contribution in [0.4, 0.5) is 0 Å². The molecule has 1 aliphatic heterocycles. The summed E-state index contributed by atoms with van der Waals surface area (Å²) in [5, 5.41) is 3.73. The second-order valence-electron chi connectivity index (χ2n) is 3.07. The third kappa shape index (κ3) is 1.78. The van der Waals surface area contributed by atoms with Crippen molar-refractivity contribution in [2.45, 2.75) is 5.37 Å². The number of carbonyl (C=O) groups excluding carboxylic acids is 1. The maximum Gasteiger partial charge on any atom is 0.128 e. The summed E-state index contributed by atoms with van der Waals surface area (Å²) < 4.78 is 0.